The number of hydrogen-bond donors (Lipinski definition) is 3. The van der Waals surface area contributed by atoms with E-state index in [9.17, 15) is 33.9 Å². The fourth-order valence-corrected chi connectivity index (χ4v) is 6.74. The standard InChI is InChI=1S/C41H49N3O15/c1-20(42)37(49)43-28-14-13-24(15-31(28)57-39-36(56-23(4)48)34(55-22(3)47)33(54-21(2)46)35(58-39)38(50)52-8)19-53-30-16-29-32(27-12-10-9-11-26(27)30)25(18-45)17-44(29)40(51)59-41(5,6)7/h9-16,20,25,33-36,39,45H,17-19,42H2,1-8H3,(H,43,49)/t20-,25-,33-,34-,35-,36+,39+/m0/s1. The Morgan fingerprint density at radius 1 is 0.898 bits per heavy atom. The zero-order valence-electron chi connectivity index (χ0n) is 34.0. The van der Waals surface area contributed by atoms with Crippen molar-refractivity contribution in [2.45, 2.75) is 103 Å². The molecule has 7 atom stereocenters. The first kappa shape index (κ1) is 44.1. The van der Waals surface area contributed by atoms with Crippen molar-refractivity contribution in [1.29, 1.82) is 0 Å². The molecule has 0 aliphatic carbocycles. The largest absolute Gasteiger partial charge is 0.488 e. The number of nitrogens with one attached hydrogen (secondary N) is 1. The van der Waals surface area contributed by atoms with E-state index >= 15 is 0 Å². The van der Waals surface area contributed by atoms with Crippen molar-refractivity contribution in [2.24, 2.45) is 5.73 Å². The highest BCUT2D eigenvalue weighted by Crippen LogP contribution is 2.46. The maximum Gasteiger partial charge on any atom is 0.414 e. The van der Waals surface area contributed by atoms with Crippen LogP contribution in [0.1, 0.15) is 65.5 Å². The van der Waals surface area contributed by atoms with Crippen molar-refractivity contribution < 1.29 is 71.8 Å². The molecule has 2 amide bonds. The lowest BCUT2D eigenvalue weighted by molar-refractivity contribution is -0.282. The van der Waals surface area contributed by atoms with E-state index in [1.54, 1.807) is 32.9 Å². The number of amides is 2. The van der Waals surface area contributed by atoms with Crippen LogP contribution >= 0.6 is 0 Å². The highest BCUT2D eigenvalue weighted by molar-refractivity contribution is 6.02. The summed E-state index contributed by atoms with van der Waals surface area (Å²) in [7, 11) is 1.06. The van der Waals surface area contributed by atoms with Gasteiger partial charge in [0.15, 0.2) is 18.3 Å². The summed E-state index contributed by atoms with van der Waals surface area (Å²) in [6.45, 7) is 9.81. The van der Waals surface area contributed by atoms with Crippen LogP contribution in [0.5, 0.6) is 11.5 Å². The van der Waals surface area contributed by atoms with Gasteiger partial charge in [0.2, 0.25) is 18.3 Å². The highest BCUT2D eigenvalue weighted by atomic mass is 16.7. The minimum Gasteiger partial charge on any atom is -0.488 e. The maximum absolute atomic E-state index is 13.4. The molecule has 18 nitrogen and oxygen atoms in total. The molecule has 2 aliphatic heterocycles. The number of nitrogens with zero attached hydrogens (tertiary/aromatic N) is 1. The molecule has 3 aromatic rings. The van der Waals surface area contributed by atoms with Crippen LogP contribution in [0.2, 0.25) is 0 Å². The van der Waals surface area contributed by atoms with Crippen LogP contribution in [0.25, 0.3) is 10.8 Å². The number of fused-ring (bicyclic) bond motifs is 3. The number of carbonyl (C=O) groups excluding carboxylic acids is 6. The van der Waals surface area contributed by atoms with Crippen LogP contribution < -0.4 is 25.4 Å². The van der Waals surface area contributed by atoms with E-state index in [4.69, 9.17) is 43.6 Å². The number of ether oxygens (including phenoxy) is 8. The van der Waals surface area contributed by atoms with Crippen LogP contribution in [0.15, 0.2) is 48.5 Å². The van der Waals surface area contributed by atoms with E-state index in [0.717, 1.165) is 38.8 Å². The first-order chi connectivity index (χ1) is 27.8. The molecular formula is C41H49N3O15. The van der Waals surface area contributed by atoms with Crippen molar-refractivity contribution in [3.63, 3.8) is 0 Å². The minimum atomic E-state index is -1.74. The first-order valence-corrected chi connectivity index (χ1v) is 18.7. The van der Waals surface area contributed by atoms with Gasteiger partial charge in [-0.3, -0.25) is 24.1 Å². The number of aliphatic hydroxyl groups excluding tert-OH is 1. The molecule has 5 rings (SSSR count). The Bertz CT molecular complexity index is 2100. The normalized spacial score (nSPS) is 21.7. The van der Waals surface area contributed by atoms with Gasteiger partial charge in [0, 0.05) is 44.7 Å². The Labute approximate surface area is 340 Å². The smallest absolute Gasteiger partial charge is 0.414 e. The second kappa shape index (κ2) is 18.3. The summed E-state index contributed by atoms with van der Waals surface area (Å²) in [5, 5.41) is 14.5. The van der Waals surface area contributed by atoms with Gasteiger partial charge in [0.05, 0.1) is 31.1 Å². The average Bonchev–Trinajstić information content (AvgIpc) is 3.54. The summed E-state index contributed by atoms with van der Waals surface area (Å²) < 4.78 is 45.5. The lowest BCUT2D eigenvalue weighted by Gasteiger charge is -2.43. The topological polar surface area (TPSA) is 238 Å². The van der Waals surface area contributed by atoms with Gasteiger partial charge in [-0.05, 0) is 56.3 Å². The van der Waals surface area contributed by atoms with E-state index in [-0.39, 0.29) is 37.1 Å². The molecule has 18 heteroatoms. The van der Waals surface area contributed by atoms with Crippen molar-refractivity contribution in [1.82, 2.24) is 0 Å². The molecule has 3 aromatic carbocycles. The van der Waals surface area contributed by atoms with Crippen LogP contribution in [0.3, 0.4) is 0 Å². The lowest BCUT2D eigenvalue weighted by Crippen LogP contribution is -2.64. The molecule has 0 spiro atoms. The SMILES string of the molecule is COC(=O)[C@H]1O[C@@H](Oc2cc(COc3cc4c(c5ccccc35)[C@H](CO)CN4C(=O)OC(C)(C)C)ccc2NC(=O)[C@H](C)N)[C@H](OC(C)=O)[C@@H](OC(C)=O)[C@@H]1OC(C)=O. The molecule has 0 radical (unpaired) electrons. The quantitative estimate of drug-likeness (QED) is 0.175. The van der Waals surface area contributed by atoms with Crippen LogP contribution in [-0.2, 0) is 59.0 Å². The van der Waals surface area contributed by atoms with Gasteiger partial charge < -0.3 is 54.1 Å². The Hall–Kier alpha value is -5.98. The van der Waals surface area contributed by atoms with Crippen LogP contribution in [0.4, 0.5) is 16.2 Å². The van der Waals surface area contributed by atoms with Gasteiger partial charge in [-0.2, -0.15) is 0 Å². The van der Waals surface area contributed by atoms with Crippen molar-refractivity contribution >= 4 is 58.0 Å². The molecule has 1 saturated heterocycles. The fraction of sp³-hybridized carbons (Fsp3) is 0.463. The molecule has 59 heavy (non-hydrogen) atoms. The second-order valence-corrected chi connectivity index (χ2v) is 15.0. The number of hydrogen-bond acceptors (Lipinski definition) is 16. The van der Waals surface area contributed by atoms with E-state index in [1.807, 2.05) is 24.3 Å². The number of nitrogens with two attached hydrogens (primary N) is 1. The molecule has 0 bridgehead atoms. The molecule has 2 heterocycles. The maximum atomic E-state index is 13.4. The van der Waals surface area contributed by atoms with E-state index in [2.05, 4.69) is 5.32 Å². The van der Waals surface area contributed by atoms with Gasteiger partial charge in [-0.25, -0.2) is 9.59 Å². The van der Waals surface area contributed by atoms with E-state index < -0.39 is 78.2 Å². The summed E-state index contributed by atoms with van der Waals surface area (Å²) in [5.74, 6) is -4.31. The minimum absolute atomic E-state index is 0.0769. The molecule has 318 valence electrons. The Kier molecular flexibility index (Phi) is 13.7. The predicted octanol–water partition coefficient (Wildman–Crippen LogP) is 3.61. The summed E-state index contributed by atoms with van der Waals surface area (Å²) in [6.07, 6.45) is -8.95. The third-order valence-electron chi connectivity index (χ3n) is 9.15. The third-order valence-corrected chi connectivity index (χ3v) is 9.15. The van der Waals surface area contributed by atoms with Gasteiger partial charge >= 0.3 is 30.0 Å². The molecule has 0 unspecified atom stereocenters. The van der Waals surface area contributed by atoms with Crippen LogP contribution in [-0.4, -0.2) is 104 Å². The van der Waals surface area contributed by atoms with Gasteiger partial charge in [-0.1, -0.05) is 30.3 Å². The van der Waals surface area contributed by atoms with Crippen molar-refractivity contribution in [3.05, 3.63) is 59.7 Å². The van der Waals surface area contributed by atoms with Gasteiger partial charge in [0.1, 0.15) is 23.7 Å². The monoisotopic (exact) mass is 823 g/mol. The lowest BCUT2D eigenvalue weighted by atomic mass is 9.95. The zero-order chi connectivity index (χ0) is 43.3. The summed E-state index contributed by atoms with van der Waals surface area (Å²) >= 11 is 0. The molecular weight excluding hydrogens is 774 g/mol. The van der Waals surface area contributed by atoms with Crippen LogP contribution in [0, 0.1) is 0 Å². The summed E-state index contributed by atoms with van der Waals surface area (Å²) in [5.41, 5.74) is 6.91. The number of aliphatic hydroxyl groups is 1. The highest BCUT2D eigenvalue weighted by Gasteiger charge is 2.56. The molecule has 0 saturated carbocycles. The number of benzene rings is 3. The number of esters is 4. The third kappa shape index (κ3) is 10.4. The van der Waals surface area contributed by atoms with E-state index in [1.165, 1.54) is 24.0 Å². The summed E-state index contributed by atoms with van der Waals surface area (Å²) in [4.78, 5) is 77.6. The van der Waals surface area contributed by atoms with E-state index in [0.29, 0.717) is 22.4 Å². The Morgan fingerprint density at radius 3 is 2.12 bits per heavy atom. The zero-order valence-corrected chi connectivity index (χ0v) is 34.0. The Morgan fingerprint density at radius 2 is 1.53 bits per heavy atom. The second-order valence-electron chi connectivity index (χ2n) is 15.0. The fourth-order valence-electron chi connectivity index (χ4n) is 6.74. The van der Waals surface area contributed by atoms with Gasteiger partial charge in [0.25, 0.3) is 0 Å². The molecule has 2 aliphatic rings. The number of rotatable bonds is 12. The van der Waals surface area contributed by atoms with Gasteiger partial charge in [-0.15, -0.1) is 0 Å². The van der Waals surface area contributed by atoms with Crippen molar-refractivity contribution in [2.75, 3.05) is 30.5 Å². The first-order valence-electron chi connectivity index (χ1n) is 18.7. The number of methoxy groups -OCH3 is 1. The molecule has 4 N–H and O–H groups in total. The summed E-state index contributed by atoms with van der Waals surface area (Å²) in [6, 6.07) is 12.8. The number of anilines is 2. The predicted molar refractivity (Wildman–Crippen MR) is 208 cm³/mol. The Balaban J connectivity index is 1.55. The average molecular weight is 824 g/mol. The van der Waals surface area contributed by atoms with Crippen molar-refractivity contribution in [3.8, 4) is 11.5 Å². The number of carbonyl (C=O) groups is 6. The molecule has 1 fully saturated rings. The molecule has 0 aromatic heterocycles.